The summed E-state index contributed by atoms with van der Waals surface area (Å²) in [6.45, 7) is 4.96. The molecule has 1 heterocycles. The van der Waals surface area contributed by atoms with Crippen LogP contribution in [0.5, 0.6) is 5.75 Å². The quantitative estimate of drug-likeness (QED) is 0.908. The molecule has 1 aromatic rings. The predicted molar refractivity (Wildman–Crippen MR) is 78.1 cm³/mol. The van der Waals surface area contributed by atoms with Crippen molar-refractivity contribution in [1.29, 1.82) is 0 Å². The summed E-state index contributed by atoms with van der Waals surface area (Å²) in [6, 6.07) is 6.35. The van der Waals surface area contributed by atoms with Gasteiger partial charge in [-0.1, -0.05) is 13.0 Å². The van der Waals surface area contributed by atoms with Gasteiger partial charge in [0.25, 0.3) is 0 Å². The first kappa shape index (κ1) is 13.8. The molecule has 1 aliphatic rings. The average Bonchev–Trinajstić information content (AvgIpc) is 2.29. The van der Waals surface area contributed by atoms with Crippen LogP contribution in [0.1, 0.15) is 24.8 Å². The molecule has 1 fully saturated rings. The molecule has 1 unspecified atom stereocenters. The number of nitrogens with two attached hydrogens (primary N) is 1. The number of rotatable bonds is 5. The molecule has 4 heteroatoms. The molecule has 100 valence electrons. The van der Waals surface area contributed by atoms with Crippen LogP contribution in [-0.4, -0.2) is 37.7 Å². The summed E-state index contributed by atoms with van der Waals surface area (Å²) in [7, 11) is 2.10. The fourth-order valence-electron chi connectivity index (χ4n) is 2.23. The Balaban J connectivity index is 2.00. The highest BCUT2D eigenvalue weighted by molar-refractivity contribution is 9.10. The van der Waals surface area contributed by atoms with Crippen LogP contribution in [0.15, 0.2) is 22.7 Å². The number of hydrogen-bond acceptors (Lipinski definition) is 3. The highest BCUT2D eigenvalue weighted by Gasteiger charge is 2.25. The van der Waals surface area contributed by atoms with Gasteiger partial charge < -0.3 is 10.5 Å². The summed E-state index contributed by atoms with van der Waals surface area (Å²) < 4.78 is 6.97. The molecular formula is C14H21BrN2O. The summed E-state index contributed by atoms with van der Waals surface area (Å²) in [5.74, 6) is 1.44. The van der Waals surface area contributed by atoms with E-state index in [1.54, 1.807) is 0 Å². The van der Waals surface area contributed by atoms with Gasteiger partial charge in [-0.25, -0.2) is 0 Å². The van der Waals surface area contributed by atoms with Crippen molar-refractivity contribution in [2.24, 2.45) is 5.73 Å². The van der Waals surface area contributed by atoms with Crippen LogP contribution in [0, 0.1) is 0 Å². The van der Waals surface area contributed by atoms with E-state index in [1.165, 1.54) is 5.56 Å². The van der Waals surface area contributed by atoms with Crippen LogP contribution >= 0.6 is 15.9 Å². The molecule has 2 rings (SSSR count). The standard InChI is InChI=1S/C14H21BrN2O/c1-10(5-6-16)11-3-4-14(13(15)7-11)18-12-8-17(2)9-12/h3-4,7,10,12H,5-6,8-9,16H2,1-2H3. The van der Waals surface area contributed by atoms with E-state index in [4.69, 9.17) is 10.5 Å². The minimum Gasteiger partial charge on any atom is -0.487 e. The molecule has 0 bridgehead atoms. The maximum Gasteiger partial charge on any atom is 0.134 e. The summed E-state index contributed by atoms with van der Waals surface area (Å²) in [6.07, 6.45) is 1.35. The van der Waals surface area contributed by atoms with Gasteiger partial charge in [0, 0.05) is 13.1 Å². The molecule has 0 saturated carbocycles. The van der Waals surface area contributed by atoms with Crippen molar-refractivity contribution in [3.05, 3.63) is 28.2 Å². The minimum atomic E-state index is 0.332. The molecule has 0 aliphatic carbocycles. The third-order valence-corrected chi connectivity index (χ3v) is 4.07. The molecule has 1 saturated heterocycles. The molecule has 0 radical (unpaired) electrons. The third-order valence-electron chi connectivity index (χ3n) is 3.45. The van der Waals surface area contributed by atoms with Gasteiger partial charge in [-0.2, -0.15) is 0 Å². The Morgan fingerprint density at radius 1 is 1.50 bits per heavy atom. The van der Waals surface area contributed by atoms with Crippen LogP contribution in [0.25, 0.3) is 0 Å². The normalized spacial score (nSPS) is 18.4. The number of likely N-dealkylation sites (N-methyl/N-ethyl adjacent to an activating group) is 1. The minimum absolute atomic E-state index is 0.332. The summed E-state index contributed by atoms with van der Waals surface area (Å²) in [5, 5.41) is 0. The van der Waals surface area contributed by atoms with Crippen molar-refractivity contribution in [2.45, 2.75) is 25.4 Å². The molecule has 3 nitrogen and oxygen atoms in total. The second kappa shape index (κ2) is 6.04. The van der Waals surface area contributed by atoms with Crippen molar-refractivity contribution in [3.63, 3.8) is 0 Å². The van der Waals surface area contributed by atoms with E-state index >= 15 is 0 Å². The molecule has 1 atom stereocenters. The number of halogens is 1. The van der Waals surface area contributed by atoms with E-state index < -0.39 is 0 Å². The maximum atomic E-state index is 5.93. The van der Waals surface area contributed by atoms with Crippen molar-refractivity contribution in [2.75, 3.05) is 26.7 Å². The van der Waals surface area contributed by atoms with Gasteiger partial charge in [0.1, 0.15) is 11.9 Å². The molecule has 0 spiro atoms. The second-order valence-electron chi connectivity index (χ2n) is 5.13. The molecule has 0 aromatic heterocycles. The van der Waals surface area contributed by atoms with E-state index in [2.05, 4.69) is 53.0 Å². The van der Waals surface area contributed by atoms with Crippen LogP contribution in [0.2, 0.25) is 0 Å². The summed E-state index contributed by atoms with van der Waals surface area (Å²) >= 11 is 3.59. The average molecular weight is 313 g/mol. The van der Waals surface area contributed by atoms with Gasteiger partial charge in [0.2, 0.25) is 0 Å². The zero-order chi connectivity index (χ0) is 13.1. The smallest absolute Gasteiger partial charge is 0.134 e. The van der Waals surface area contributed by atoms with Gasteiger partial charge in [0.05, 0.1) is 4.47 Å². The first-order valence-corrected chi connectivity index (χ1v) is 7.24. The number of benzene rings is 1. The zero-order valence-corrected chi connectivity index (χ0v) is 12.6. The van der Waals surface area contributed by atoms with Crippen LogP contribution in [0.3, 0.4) is 0 Å². The second-order valence-corrected chi connectivity index (χ2v) is 5.98. The fourth-order valence-corrected chi connectivity index (χ4v) is 2.72. The Morgan fingerprint density at radius 2 is 2.22 bits per heavy atom. The summed E-state index contributed by atoms with van der Waals surface area (Å²) in [4.78, 5) is 2.25. The number of ether oxygens (including phenoxy) is 1. The first-order valence-electron chi connectivity index (χ1n) is 6.45. The fraction of sp³-hybridized carbons (Fsp3) is 0.571. The molecule has 18 heavy (non-hydrogen) atoms. The third kappa shape index (κ3) is 3.25. The van der Waals surface area contributed by atoms with Gasteiger partial charge in [-0.3, -0.25) is 4.90 Å². The zero-order valence-electron chi connectivity index (χ0n) is 11.0. The Hall–Kier alpha value is -0.580. The SMILES string of the molecule is CC(CCN)c1ccc(OC2CN(C)C2)c(Br)c1. The van der Waals surface area contributed by atoms with Gasteiger partial charge in [0.15, 0.2) is 0 Å². The Morgan fingerprint density at radius 3 is 2.78 bits per heavy atom. The highest BCUT2D eigenvalue weighted by Crippen LogP contribution is 2.31. The molecular weight excluding hydrogens is 292 g/mol. The van der Waals surface area contributed by atoms with E-state index in [0.29, 0.717) is 12.0 Å². The van der Waals surface area contributed by atoms with Crippen molar-refractivity contribution in [1.82, 2.24) is 4.90 Å². The lowest BCUT2D eigenvalue weighted by Crippen LogP contribution is -2.51. The Kier molecular flexibility index (Phi) is 4.65. The van der Waals surface area contributed by atoms with Crippen molar-refractivity contribution in [3.8, 4) is 5.75 Å². The van der Waals surface area contributed by atoms with E-state index in [0.717, 1.165) is 36.3 Å². The number of hydrogen-bond donors (Lipinski definition) is 1. The Labute approximate surface area is 117 Å². The van der Waals surface area contributed by atoms with Gasteiger partial charge in [-0.05, 0) is 59.6 Å². The van der Waals surface area contributed by atoms with E-state index in [-0.39, 0.29) is 0 Å². The van der Waals surface area contributed by atoms with Gasteiger partial charge in [-0.15, -0.1) is 0 Å². The first-order chi connectivity index (χ1) is 8.60. The summed E-state index contributed by atoms with van der Waals surface area (Å²) in [5.41, 5.74) is 6.91. The van der Waals surface area contributed by atoms with Crippen molar-refractivity contribution >= 4 is 15.9 Å². The lowest BCUT2D eigenvalue weighted by Gasteiger charge is -2.36. The monoisotopic (exact) mass is 312 g/mol. The number of nitrogens with zero attached hydrogens (tertiary/aromatic N) is 1. The van der Waals surface area contributed by atoms with Crippen LogP contribution < -0.4 is 10.5 Å². The predicted octanol–water partition coefficient (Wildman–Crippen LogP) is 2.59. The van der Waals surface area contributed by atoms with Crippen LogP contribution in [-0.2, 0) is 0 Å². The molecule has 1 aromatic carbocycles. The van der Waals surface area contributed by atoms with Crippen molar-refractivity contribution < 1.29 is 4.74 Å². The van der Waals surface area contributed by atoms with E-state index in [1.807, 2.05) is 0 Å². The largest absolute Gasteiger partial charge is 0.487 e. The maximum absolute atomic E-state index is 5.93. The molecule has 2 N–H and O–H groups in total. The topological polar surface area (TPSA) is 38.5 Å². The van der Waals surface area contributed by atoms with Crippen LogP contribution in [0.4, 0.5) is 0 Å². The number of likely N-dealkylation sites (tertiary alicyclic amines) is 1. The van der Waals surface area contributed by atoms with Gasteiger partial charge >= 0.3 is 0 Å². The highest BCUT2D eigenvalue weighted by atomic mass is 79.9. The molecule has 1 aliphatic heterocycles. The lowest BCUT2D eigenvalue weighted by atomic mass is 9.98. The Bertz CT molecular complexity index is 405. The molecule has 0 amide bonds. The lowest BCUT2D eigenvalue weighted by molar-refractivity contribution is 0.0383. The van der Waals surface area contributed by atoms with E-state index in [9.17, 15) is 0 Å².